The van der Waals surface area contributed by atoms with Gasteiger partial charge >= 0.3 is 11.9 Å². The van der Waals surface area contributed by atoms with E-state index in [1.807, 2.05) is 19.6 Å². The van der Waals surface area contributed by atoms with Crippen LogP contribution in [0, 0.1) is 0 Å². The molecule has 0 atom stereocenters. The van der Waals surface area contributed by atoms with E-state index in [1.165, 1.54) is 0 Å². The van der Waals surface area contributed by atoms with Crippen LogP contribution >= 0.6 is 0 Å². The third-order valence-corrected chi connectivity index (χ3v) is 3.06. The van der Waals surface area contributed by atoms with E-state index >= 15 is 0 Å². The van der Waals surface area contributed by atoms with Gasteiger partial charge < -0.3 is 13.9 Å². The molecule has 0 aliphatic heterocycles. The van der Waals surface area contributed by atoms with Crippen molar-refractivity contribution in [2.45, 2.75) is 39.6 Å². The fourth-order valence-corrected chi connectivity index (χ4v) is 2.34. The Bertz CT molecular complexity index is 365. The summed E-state index contributed by atoms with van der Waals surface area (Å²) in [5.74, 6) is -0.971. The lowest BCUT2D eigenvalue weighted by molar-refractivity contribution is -0.146. The van der Waals surface area contributed by atoms with E-state index in [1.54, 1.807) is 13.8 Å². The highest BCUT2D eigenvalue weighted by Crippen LogP contribution is 2.10. The summed E-state index contributed by atoms with van der Waals surface area (Å²) in [5, 5.41) is 0. The monoisotopic (exact) mass is 300 g/mol. The average molecular weight is 300 g/mol. The van der Waals surface area contributed by atoms with Crippen molar-refractivity contribution in [1.82, 2.24) is 0 Å². The highest BCUT2D eigenvalue weighted by molar-refractivity contribution is 6.69. The number of carbonyl (C=O) groups excluding carboxylic acids is 2. The third kappa shape index (κ3) is 8.66. The van der Waals surface area contributed by atoms with Crippen LogP contribution in [0.4, 0.5) is 0 Å². The zero-order valence-corrected chi connectivity index (χ0v) is 13.9. The number of rotatable bonds is 8. The molecule has 0 aliphatic rings. The van der Waals surface area contributed by atoms with Crippen molar-refractivity contribution in [3.05, 3.63) is 24.3 Å². The van der Waals surface area contributed by atoms with Gasteiger partial charge in [-0.25, -0.2) is 9.59 Å². The van der Waals surface area contributed by atoms with Gasteiger partial charge in [0.15, 0.2) is 8.32 Å². The van der Waals surface area contributed by atoms with Gasteiger partial charge in [0, 0.05) is 11.1 Å². The summed E-state index contributed by atoms with van der Waals surface area (Å²) in [7, 11) is -1.85. The summed E-state index contributed by atoms with van der Waals surface area (Å²) < 4.78 is 15.9. The van der Waals surface area contributed by atoms with Crippen LogP contribution in [0.1, 0.15) is 13.8 Å². The number of hydrogen-bond acceptors (Lipinski definition) is 5. The Morgan fingerprint density at radius 3 is 1.55 bits per heavy atom. The predicted molar refractivity (Wildman–Crippen MR) is 79.8 cm³/mol. The molecule has 0 spiro atoms. The van der Waals surface area contributed by atoms with Crippen LogP contribution in [-0.4, -0.2) is 39.6 Å². The summed E-state index contributed by atoms with van der Waals surface area (Å²) in [5.41, 5.74) is 0.631. The molecule has 6 heteroatoms. The van der Waals surface area contributed by atoms with Crippen molar-refractivity contribution in [1.29, 1.82) is 0 Å². The van der Waals surface area contributed by atoms with Crippen LogP contribution in [0.25, 0.3) is 0 Å². The first-order valence-electron chi connectivity index (χ1n) is 6.36. The molecular weight excluding hydrogens is 276 g/mol. The molecule has 0 amide bonds. The van der Waals surface area contributed by atoms with Gasteiger partial charge in [0.2, 0.25) is 0 Å². The van der Waals surface area contributed by atoms with Gasteiger partial charge in [-0.05, 0) is 33.5 Å². The first kappa shape index (κ1) is 18.6. The zero-order chi connectivity index (χ0) is 15.9. The van der Waals surface area contributed by atoms with E-state index in [4.69, 9.17) is 13.9 Å². The maximum Gasteiger partial charge on any atom is 0.333 e. The van der Waals surface area contributed by atoms with E-state index in [2.05, 4.69) is 13.2 Å². The molecule has 0 aromatic heterocycles. The average Bonchev–Trinajstić information content (AvgIpc) is 2.29. The number of hydrogen-bond donors (Lipinski definition) is 0. The molecule has 20 heavy (non-hydrogen) atoms. The summed E-state index contributed by atoms with van der Waals surface area (Å²) in [6.07, 6.45) is -0.478. The molecule has 0 fully saturated rings. The molecule has 0 heterocycles. The smallest absolute Gasteiger partial charge is 0.333 e. The molecule has 5 nitrogen and oxygen atoms in total. The molecule has 0 aromatic carbocycles. The van der Waals surface area contributed by atoms with Crippen LogP contribution in [0.2, 0.25) is 19.6 Å². The molecular formula is C14H24O5Si. The molecule has 0 aliphatic carbocycles. The van der Waals surface area contributed by atoms with Crippen LogP contribution in [-0.2, 0) is 23.5 Å². The molecule has 0 bridgehead atoms. The molecule has 114 valence electrons. The summed E-state index contributed by atoms with van der Waals surface area (Å²) in [6, 6.07) is 0. The van der Waals surface area contributed by atoms with Crippen molar-refractivity contribution < 1.29 is 23.5 Å². The maximum atomic E-state index is 11.4. The zero-order valence-electron chi connectivity index (χ0n) is 12.9. The molecule has 0 saturated carbocycles. The van der Waals surface area contributed by atoms with Gasteiger partial charge in [-0.15, -0.1) is 0 Å². The Labute approximate surface area is 121 Å². The number of esters is 2. The first-order chi connectivity index (χ1) is 9.03. The first-order valence-corrected chi connectivity index (χ1v) is 9.77. The minimum absolute atomic E-state index is 0.0272. The van der Waals surface area contributed by atoms with Gasteiger partial charge in [0.1, 0.15) is 19.3 Å². The molecule has 0 radical (unpaired) electrons. The van der Waals surface area contributed by atoms with Gasteiger partial charge in [0.05, 0.1) is 0 Å². The Morgan fingerprint density at radius 2 is 1.30 bits per heavy atom. The lowest BCUT2D eigenvalue weighted by atomic mass is 10.3. The SMILES string of the molecule is C=C(C)C(=O)OCC(COC(=O)C(=C)C)O[Si](C)(C)C. The van der Waals surface area contributed by atoms with Crippen molar-refractivity contribution in [3.63, 3.8) is 0 Å². The third-order valence-electron chi connectivity index (χ3n) is 2.02. The normalized spacial score (nSPS) is 11.1. The largest absolute Gasteiger partial charge is 0.459 e. The maximum absolute atomic E-state index is 11.4. The van der Waals surface area contributed by atoms with Crippen molar-refractivity contribution >= 4 is 20.3 Å². The van der Waals surface area contributed by atoms with Gasteiger partial charge in [-0.3, -0.25) is 0 Å². The summed E-state index contributed by atoms with van der Waals surface area (Å²) >= 11 is 0. The Kier molecular flexibility index (Phi) is 7.45. The van der Waals surface area contributed by atoms with Crippen LogP contribution in [0.15, 0.2) is 24.3 Å². The highest BCUT2D eigenvalue weighted by Gasteiger charge is 2.24. The van der Waals surface area contributed by atoms with E-state index in [0.717, 1.165) is 0 Å². The molecule has 0 N–H and O–H groups in total. The Hall–Kier alpha value is -1.40. The van der Waals surface area contributed by atoms with Crippen molar-refractivity contribution in [3.8, 4) is 0 Å². The fourth-order valence-electron chi connectivity index (χ4n) is 1.20. The van der Waals surface area contributed by atoms with Crippen molar-refractivity contribution in [2.75, 3.05) is 13.2 Å². The lowest BCUT2D eigenvalue weighted by Gasteiger charge is -2.25. The number of ether oxygens (including phenoxy) is 2. The van der Waals surface area contributed by atoms with E-state index in [0.29, 0.717) is 11.1 Å². The molecule has 0 saturated heterocycles. The Balaban J connectivity index is 4.49. The second-order valence-electron chi connectivity index (χ2n) is 5.61. The standard InChI is InChI=1S/C14H24O5Si/c1-10(2)13(15)17-8-12(19-20(5,6)7)9-18-14(16)11(3)4/h12H,1,3,8-9H2,2,4-7H3. The summed E-state index contributed by atoms with van der Waals surface area (Å²) in [4.78, 5) is 22.7. The topological polar surface area (TPSA) is 61.8 Å². The van der Waals surface area contributed by atoms with Crippen molar-refractivity contribution in [2.24, 2.45) is 0 Å². The fraction of sp³-hybridized carbons (Fsp3) is 0.571. The van der Waals surface area contributed by atoms with E-state index in [9.17, 15) is 9.59 Å². The molecule has 0 rings (SSSR count). The summed E-state index contributed by atoms with van der Waals surface area (Å²) in [6.45, 7) is 16.2. The quantitative estimate of drug-likeness (QED) is 0.391. The number of carbonyl (C=O) groups is 2. The second kappa shape index (κ2) is 8.01. The van der Waals surface area contributed by atoms with Gasteiger partial charge in [-0.2, -0.15) is 0 Å². The lowest BCUT2D eigenvalue weighted by Crippen LogP contribution is -2.38. The second-order valence-corrected chi connectivity index (χ2v) is 10.1. The van der Waals surface area contributed by atoms with Crippen LogP contribution in [0.5, 0.6) is 0 Å². The van der Waals surface area contributed by atoms with Gasteiger partial charge in [0.25, 0.3) is 0 Å². The van der Waals surface area contributed by atoms with Crippen LogP contribution < -0.4 is 0 Å². The van der Waals surface area contributed by atoms with Gasteiger partial charge in [-0.1, -0.05) is 13.2 Å². The minimum atomic E-state index is -1.85. The Morgan fingerprint density at radius 1 is 0.950 bits per heavy atom. The highest BCUT2D eigenvalue weighted by atomic mass is 28.4. The molecule has 0 unspecified atom stereocenters. The molecule has 0 aromatic rings. The minimum Gasteiger partial charge on any atom is -0.459 e. The van der Waals surface area contributed by atoms with E-state index in [-0.39, 0.29) is 13.2 Å². The van der Waals surface area contributed by atoms with Crippen LogP contribution in [0.3, 0.4) is 0 Å². The van der Waals surface area contributed by atoms with E-state index < -0.39 is 26.4 Å². The predicted octanol–water partition coefficient (Wildman–Crippen LogP) is 2.45.